The molecule has 0 atom stereocenters. The molecule has 23 heavy (non-hydrogen) atoms. The van der Waals surface area contributed by atoms with Crippen LogP contribution in [0.5, 0.6) is 0 Å². The summed E-state index contributed by atoms with van der Waals surface area (Å²) in [7, 11) is 0. The maximum absolute atomic E-state index is 2.59. The van der Waals surface area contributed by atoms with Gasteiger partial charge in [-0.2, -0.15) is 0 Å². The number of fused-ring (bicyclic) bond motifs is 1. The van der Waals surface area contributed by atoms with Crippen molar-refractivity contribution in [3.8, 4) is 0 Å². The molecule has 0 aliphatic carbocycles. The van der Waals surface area contributed by atoms with E-state index < -0.39 is 0 Å². The second-order valence-electron chi connectivity index (χ2n) is 6.19. The van der Waals surface area contributed by atoms with Crippen LogP contribution >= 0.6 is 11.3 Å². The molecule has 1 saturated heterocycles. The third-order valence-corrected chi connectivity index (χ3v) is 5.83. The first kappa shape index (κ1) is 14.7. The van der Waals surface area contributed by atoms with Crippen LogP contribution in [-0.2, 0) is 6.42 Å². The van der Waals surface area contributed by atoms with Crippen LogP contribution in [0.15, 0.2) is 60.7 Å². The first-order valence-corrected chi connectivity index (χ1v) is 9.20. The van der Waals surface area contributed by atoms with Gasteiger partial charge in [-0.3, -0.25) is 4.90 Å². The van der Waals surface area contributed by atoms with E-state index in [0.717, 1.165) is 19.5 Å². The van der Waals surface area contributed by atoms with E-state index in [1.807, 2.05) is 11.3 Å². The number of piperazine rings is 1. The van der Waals surface area contributed by atoms with Crippen molar-refractivity contribution in [1.82, 2.24) is 4.90 Å². The molecule has 0 N–H and O–H groups in total. The monoisotopic (exact) mass is 322 g/mol. The molecule has 1 aliphatic rings. The van der Waals surface area contributed by atoms with Gasteiger partial charge in [-0.05, 0) is 29.5 Å². The summed E-state index contributed by atoms with van der Waals surface area (Å²) in [6.07, 6.45) is 1.16. The topological polar surface area (TPSA) is 6.48 Å². The lowest BCUT2D eigenvalue weighted by atomic mass is 10.1. The van der Waals surface area contributed by atoms with E-state index in [2.05, 4.69) is 70.5 Å². The molecule has 1 fully saturated rings. The van der Waals surface area contributed by atoms with Crippen molar-refractivity contribution in [2.45, 2.75) is 6.42 Å². The van der Waals surface area contributed by atoms with Crippen molar-refractivity contribution < 1.29 is 0 Å². The average molecular weight is 322 g/mol. The zero-order valence-corrected chi connectivity index (χ0v) is 14.1. The number of anilines is 1. The lowest BCUT2D eigenvalue weighted by Crippen LogP contribution is -2.46. The zero-order valence-electron chi connectivity index (χ0n) is 13.3. The SMILES string of the molecule is c1ccc(CCN2CCN(c3cc4ccccc4s3)CC2)cc1. The summed E-state index contributed by atoms with van der Waals surface area (Å²) in [4.78, 5) is 5.14. The summed E-state index contributed by atoms with van der Waals surface area (Å²) in [6, 6.07) is 21.9. The Hall–Kier alpha value is -1.84. The molecule has 0 bridgehead atoms. The first-order valence-electron chi connectivity index (χ1n) is 8.38. The predicted octanol–water partition coefficient (Wildman–Crippen LogP) is 4.27. The summed E-state index contributed by atoms with van der Waals surface area (Å²) in [5.74, 6) is 0. The molecule has 0 spiro atoms. The molecule has 118 valence electrons. The molecule has 0 radical (unpaired) electrons. The van der Waals surface area contributed by atoms with Gasteiger partial charge in [0, 0.05) is 37.4 Å². The molecule has 2 heterocycles. The number of thiophene rings is 1. The number of hydrogen-bond acceptors (Lipinski definition) is 3. The maximum atomic E-state index is 2.59. The minimum absolute atomic E-state index is 1.14. The predicted molar refractivity (Wildman–Crippen MR) is 101 cm³/mol. The fourth-order valence-electron chi connectivity index (χ4n) is 3.25. The molecule has 0 unspecified atom stereocenters. The van der Waals surface area contributed by atoms with Crippen molar-refractivity contribution in [1.29, 1.82) is 0 Å². The summed E-state index contributed by atoms with van der Waals surface area (Å²) >= 11 is 1.92. The van der Waals surface area contributed by atoms with E-state index in [4.69, 9.17) is 0 Å². The molecular weight excluding hydrogens is 300 g/mol. The third kappa shape index (κ3) is 3.41. The third-order valence-electron chi connectivity index (χ3n) is 4.66. The highest BCUT2D eigenvalue weighted by Crippen LogP contribution is 2.32. The number of rotatable bonds is 4. The van der Waals surface area contributed by atoms with Crippen molar-refractivity contribution in [2.75, 3.05) is 37.6 Å². The zero-order chi connectivity index (χ0) is 15.5. The van der Waals surface area contributed by atoms with Crippen LogP contribution in [-0.4, -0.2) is 37.6 Å². The minimum Gasteiger partial charge on any atom is -0.361 e. The number of hydrogen-bond donors (Lipinski definition) is 0. The first-order chi connectivity index (χ1) is 11.4. The van der Waals surface area contributed by atoms with Gasteiger partial charge in [0.05, 0.1) is 5.00 Å². The van der Waals surface area contributed by atoms with Gasteiger partial charge in [0.15, 0.2) is 0 Å². The van der Waals surface area contributed by atoms with E-state index in [1.165, 1.54) is 40.3 Å². The van der Waals surface area contributed by atoms with E-state index in [0.29, 0.717) is 0 Å². The molecular formula is C20H22N2S. The summed E-state index contributed by atoms with van der Waals surface area (Å²) < 4.78 is 1.40. The van der Waals surface area contributed by atoms with Crippen LogP contribution in [0.3, 0.4) is 0 Å². The quantitative estimate of drug-likeness (QED) is 0.708. The second kappa shape index (κ2) is 6.73. The van der Waals surface area contributed by atoms with E-state index >= 15 is 0 Å². The largest absolute Gasteiger partial charge is 0.361 e. The lowest BCUT2D eigenvalue weighted by molar-refractivity contribution is 0.261. The van der Waals surface area contributed by atoms with Crippen LogP contribution in [0.2, 0.25) is 0 Å². The maximum Gasteiger partial charge on any atom is 0.0921 e. The molecule has 1 aliphatic heterocycles. The highest BCUT2D eigenvalue weighted by molar-refractivity contribution is 7.22. The Morgan fingerprint density at radius 1 is 0.826 bits per heavy atom. The van der Waals surface area contributed by atoms with Crippen molar-refractivity contribution in [2.24, 2.45) is 0 Å². The van der Waals surface area contributed by atoms with Crippen molar-refractivity contribution in [3.63, 3.8) is 0 Å². The van der Waals surface area contributed by atoms with E-state index in [9.17, 15) is 0 Å². The van der Waals surface area contributed by atoms with Gasteiger partial charge >= 0.3 is 0 Å². The Morgan fingerprint density at radius 2 is 1.57 bits per heavy atom. The van der Waals surface area contributed by atoms with Crippen LogP contribution < -0.4 is 4.90 Å². The van der Waals surface area contributed by atoms with Gasteiger partial charge in [-0.15, -0.1) is 11.3 Å². The fourth-order valence-corrected chi connectivity index (χ4v) is 4.36. The Kier molecular flexibility index (Phi) is 4.31. The van der Waals surface area contributed by atoms with Gasteiger partial charge < -0.3 is 4.90 Å². The van der Waals surface area contributed by atoms with Crippen LogP contribution in [0.1, 0.15) is 5.56 Å². The molecule has 2 aromatic carbocycles. The van der Waals surface area contributed by atoms with Gasteiger partial charge in [-0.25, -0.2) is 0 Å². The highest BCUT2D eigenvalue weighted by Gasteiger charge is 2.18. The lowest BCUT2D eigenvalue weighted by Gasteiger charge is -2.35. The van der Waals surface area contributed by atoms with E-state index in [-0.39, 0.29) is 0 Å². The molecule has 2 nitrogen and oxygen atoms in total. The van der Waals surface area contributed by atoms with Crippen LogP contribution in [0, 0.1) is 0 Å². The molecule has 1 aromatic heterocycles. The normalized spacial score (nSPS) is 16.1. The van der Waals surface area contributed by atoms with Crippen LogP contribution in [0.25, 0.3) is 10.1 Å². The van der Waals surface area contributed by atoms with Crippen LogP contribution in [0.4, 0.5) is 5.00 Å². The highest BCUT2D eigenvalue weighted by atomic mass is 32.1. The Morgan fingerprint density at radius 3 is 2.35 bits per heavy atom. The Labute approximate surface area is 142 Å². The summed E-state index contributed by atoms with van der Waals surface area (Å²) in [6.45, 7) is 5.79. The van der Waals surface area contributed by atoms with Gasteiger partial charge in [0.1, 0.15) is 0 Å². The van der Waals surface area contributed by atoms with Gasteiger partial charge in [-0.1, -0.05) is 48.5 Å². The molecule has 3 heteroatoms. The molecule has 0 saturated carbocycles. The Bertz CT molecular complexity index is 724. The second-order valence-corrected chi connectivity index (χ2v) is 7.25. The molecule has 0 amide bonds. The average Bonchev–Trinajstić information content (AvgIpc) is 3.05. The smallest absolute Gasteiger partial charge is 0.0921 e. The fraction of sp³-hybridized carbons (Fsp3) is 0.300. The molecule has 4 rings (SSSR count). The number of nitrogens with zero attached hydrogens (tertiary/aromatic N) is 2. The summed E-state index contributed by atoms with van der Waals surface area (Å²) in [5, 5.41) is 2.80. The van der Waals surface area contributed by atoms with Gasteiger partial charge in [0.2, 0.25) is 0 Å². The van der Waals surface area contributed by atoms with Crippen molar-refractivity contribution in [3.05, 3.63) is 66.2 Å². The van der Waals surface area contributed by atoms with Gasteiger partial charge in [0.25, 0.3) is 0 Å². The Balaban J connectivity index is 1.33. The van der Waals surface area contributed by atoms with E-state index in [1.54, 1.807) is 0 Å². The summed E-state index contributed by atoms with van der Waals surface area (Å²) in [5.41, 5.74) is 1.44. The number of benzene rings is 2. The molecule has 3 aromatic rings. The minimum atomic E-state index is 1.14. The van der Waals surface area contributed by atoms with Crippen molar-refractivity contribution >= 4 is 26.4 Å². The standard InChI is InChI=1S/C20H22N2S/c1-2-6-17(7-3-1)10-11-21-12-14-22(15-13-21)20-16-18-8-4-5-9-19(18)23-20/h1-9,16H,10-15H2.